The van der Waals surface area contributed by atoms with E-state index in [4.69, 9.17) is 4.74 Å². The quantitative estimate of drug-likeness (QED) is 0.326. The summed E-state index contributed by atoms with van der Waals surface area (Å²) in [6.07, 6.45) is 2.83. The third-order valence-corrected chi connectivity index (χ3v) is 7.48. The summed E-state index contributed by atoms with van der Waals surface area (Å²) in [6.45, 7) is 10.6. The zero-order valence-electron chi connectivity index (χ0n) is 23.8. The number of hydrogen-bond donors (Lipinski definition) is 4. The molecule has 0 spiro atoms. The Kier molecular flexibility index (Phi) is 9.25. The van der Waals surface area contributed by atoms with Gasteiger partial charge in [0.2, 0.25) is 11.8 Å². The number of rotatable bonds is 2. The van der Waals surface area contributed by atoms with Crippen LogP contribution < -0.4 is 16.1 Å². The molecule has 5 bridgehead atoms. The molecule has 4 rings (SSSR count). The number of hydrogen-bond acceptors (Lipinski definition) is 7. The number of carbonyl (C=O) groups is 4. The van der Waals surface area contributed by atoms with Gasteiger partial charge in [-0.3, -0.25) is 24.2 Å². The number of benzene rings is 2. The summed E-state index contributed by atoms with van der Waals surface area (Å²) in [5.74, 6) is -3.02. The van der Waals surface area contributed by atoms with E-state index in [0.717, 1.165) is 21.9 Å². The van der Waals surface area contributed by atoms with Gasteiger partial charge in [0.15, 0.2) is 0 Å². The van der Waals surface area contributed by atoms with Crippen LogP contribution in [0.4, 0.5) is 0 Å². The summed E-state index contributed by atoms with van der Waals surface area (Å²) in [5, 5.41) is 18.9. The van der Waals surface area contributed by atoms with E-state index >= 15 is 0 Å². The monoisotopic (exact) mass is 562 g/mol. The van der Waals surface area contributed by atoms with Crippen LogP contribution in [-0.4, -0.2) is 64.6 Å². The molecule has 4 N–H and O–H groups in total. The lowest BCUT2D eigenvalue weighted by Gasteiger charge is -2.35. The second-order valence-electron chi connectivity index (χ2n) is 10.9. The summed E-state index contributed by atoms with van der Waals surface area (Å²) in [7, 11) is 0. The maximum Gasteiger partial charge on any atom is 0.325 e. The van der Waals surface area contributed by atoms with Crippen molar-refractivity contribution in [2.75, 3.05) is 6.54 Å². The van der Waals surface area contributed by atoms with Gasteiger partial charge in [-0.15, -0.1) is 0 Å². The first kappa shape index (κ1) is 30.0. The number of aliphatic hydroxyl groups is 1. The standard InChI is InChI=1S/C31H38N4O6/c1-17(2)27-29(38)32-18(3)30(39)35-14-6-7-26(34-35)31(40)41-20(5)23-12-11-22-10-8-21(15-24(22)16-23)9-13-25(19(4)36)28(37)33-27/h8-13,15-16,18-20,25-27,34,36H,1,6-7,14H2,2-5H3,(H,32,38)(H,33,37)/b13-9+/t18-,19?,20+,25?,26-,27-/m0/s1. The molecule has 10 heteroatoms. The number of amides is 3. The molecule has 0 aromatic heterocycles. The van der Waals surface area contributed by atoms with Crippen molar-refractivity contribution in [2.24, 2.45) is 5.92 Å². The first-order valence-corrected chi connectivity index (χ1v) is 13.9. The third-order valence-electron chi connectivity index (χ3n) is 7.48. The molecule has 2 aromatic carbocycles. The number of cyclic esters (lactones) is 1. The van der Waals surface area contributed by atoms with Crippen LogP contribution in [0.2, 0.25) is 0 Å². The van der Waals surface area contributed by atoms with Crippen molar-refractivity contribution in [1.29, 1.82) is 0 Å². The minimum Gasteiger partial charge on any atom is -0.457 e. The van der Waals surface area contributed by atoms with Crippen molar-refractivity contribution in [2.45, 2.75) is 70.9 Å². The number of aliphatic hydroxyl groups excluding tert-OH is 1. The minimum absolute atomic E-state index is 0.356. The summed E-state index contributed by atoms with van der Waals surface area (Å²) >= 11 is 0. The molecular weight excluding hydrogens is 524 g/mol. The Balaban J connectivity index is 1.72. The van der Waals surface area contributed by atoms with Gasteiger partial charge in [0.25, 0.3) is 5.91 Å². The van der Waals surface area contributed by atoms with Crippen LogP contribution in [0.1, 0.15) is 57.8 Å². The second kappa shape index (κ2) is 12.7. The fourth-order valence-corrected chi connectivity index (χ4v) is 5.01. The maximum atomic E-state index is 13.2. The van der Waals surface area contributed by atoms with Crippen LogP contribution in [0, 0.1) is 5.92 Å². The molecule has 2 aliphatic rings. The highest BCUT2D eigenvalue weighted by Crippen LogP contribution is 2.25. The molecule has 3 amide bonds. The molecule has 2 heterocycles. The number of hydrazine groups is 1. The topological polar surface area (TPSA) is 137 Å². The summed E-state index contributed by atoms with van der Waals surface area (Å²) in [6, 6.07) is 8.80. The highest BCUT2D eigenvalue weighted by Gasteiger charge is 2.34. The Morgan fingerprint density at radius 2 is 1.78 bits per heavy atom. The molecule has 0 aliphatic carbocycles. The van der Waals surface area contributed by atoms with Gasteiger partial charge in [-0.05, 0) is 80.1 Å². The predicted octanol–water partition coefficient (Wildman–Crippen LogP) is 2.53. The van der Waals surface area contributed by atoms with Gasteiger partial charge >= 0.3 is 5.97 Å². The van der Waals surface area contributed by atoms with Gasteiger partial charge in [0.05, 0.1) is 12.0 Å². The van der Waals surface area contributed by atoms with E-state index in [2.05, 4.69) is 22.6 Å². The molecular formula is C31H38N4O6. The van der Waals surface area contributed by atoms with E-state index in [1.54, 1.807) is 26.0 Å². The van der Waals surface area contributed by atoms with Crippen molar-refractivity contribution >= 4 is 40.5 Å². The van der Waals surface area contributed by atoms with Gasteiger partial charge in [0.1, 0.15) is 24.2 Å². The molecule has 10 nitrogen and oxygen atoms in total. The van der Waals surface area contributed by atoms with Crippen molar-refractivity contribution < 1.29 is 29.0 Å². The van der Waals surface area contributed by atoms with Gasteiger partial charge in [-0.1, -0.05) is 43.0 Å². The molecule has 0 radical (unpaired) electrons. The SMILES string of the molecule is C=C(C)[C@@H]1NC(=O)C(C(C)O)/C=C/c2ccc3ccc(cc3c2)[C@@H](C)OC(=O)[C@@H]2CCCN(N2)C(=O)[C@H](C)NC1=O. The molecule has 1 fully saturated rings. The van der Waals surface area contributed by atoms with Crippen LogP contribution in [0.3, 0.4) is 0 Å². The molecule has 2 aliphatic heterocycles. The zero-order valence-corrected chi connectivity index (χ0v) is 23.8. The number of esters is 1. The summed E-state index contributed by atoms with van der Waals surface area (Å²) in [4.78, 5) is 52.6. The Morgan fingerprint density at radius 3 is 2.49 bits per heavy atom. The van der Waals surface area contributed by atoms with Crippen molar-refractivity contribution in [1.82, 2.24) is 21.1 Å². The van der Waals surface area contributed by atoms with Crippen molar-refractivity contribution in [3.8, 4) is 0 Å². The number of ether oxygens (including phenoxy) is 1. The van der Waals surface area contributed by atoms with E-state index < -0.39 is 59.9 Å². The Hall–Kier alpha value is -4.02. The lowest BCUT2D eigenvalue weighted by molar-refractivity contribution is -0.157. The number of nitrogens with one attached hydrogen (secondary N) is 3. The van der Waals surface area contributed by atoms with Crippen LogP contribution in [0.15, 0.2) is 54.6 Å². The van der Waals surface area contributed by atoms with Gasteiger partial charge < -0.3 is 20.5 Å². The average Bonchev–Trinajstić information content (AvgIpc) is 2.94. The Morgan fingerprint density at radius 1 is 1.05 bits per heavy atom. The third kappa shape index (κ3) is 7.01. The number of carbonyl (C=O) groups excluding carboxylic acids is 4. The molecule has 0 saturated carbocycles. The van der Waals surface area contributed by atoms with E-state index in [1.165, 1.54) is 18.9 Å². The van der Waals surface area contributed by atoms with Crippen LogP contribution in [0.25, 0.3) is 16.8 Å². The van der Waals surface area contributed by atoms with E-state index in [0.29, 0.717) is 25.0 Å². The Labute approximate surface area is 239 Å². The van der Waals surface area contributed by atoms with Gasteiger partial charge in [0, 0.05) is 6.54 Å². The Bertz CT molecular complexity index is 1390. The zero-order chi connectivity index (χ0) is 29.8. The molecule has 2 aromatic rings. The van der Waals surface area contributed by atoms with Gasteiger partial charge in [-0.25, -0.2) is 5.43 Å². The van der Waals surface area contributed by atoms with Crippen molar-refractivity contribution in [3.63, 3.8) is 0 Å². The maximum absolute atomic E-state index is 13.2. The van der Waals surface area contributed by atoms with Crippen LogP contribution >= 0.6 is 0 Å². The highest BCUT2D eigenvalue weighted by atomic mass is 16.5. The first-order valence-electron chi connectivity index (χ1n) is 13.9. The molecule has 2 unspecified atom stereocenters. The second-order valence-corrected chi connectivity index (χ2v) is 10.9. The molecule has 1 saturated heterocycles. The fraction of sp³-hybridized carbons (Fsp3) is 0.419. The van der Waals surface area contributed by atoms with Gasteiger partial charge in [-0.2, -0.15) is 0 Å². The summed E-state index contributed by atoms with van der Waals surface area (Å²) in [5.41, 5.74) is 4.93. The molecule has 6 atom stereocenters. The van der Waals surface area contributed by atoms with Crippen molar-refractivity contribution in [3.05, 3.63) is 65.8 Å². The van der Waals surface area contributed by atoms with E-state index in [-0.39, 0.29) is 0 Å². The lowest BCUT2D eigenvalue weighted by atomic mass is 9.98. The number of nitrogens with zero attached hydrogens (tertiary/aromatic N) is 1. The largest absolute Gasteiger partial charge is 0.457 e. The first-order chi connectivity index (χ1) is 19.4. The fourth-order valence-electron chi connectivity index (χ4n) is 5.01. The average molecular weight is 563 g/mol. The number of fused-ring (bicyclic) bond motifs is 4. The molecule has 41 heavy (non-hydrogen) atoms. The minimum atomic E-state index is -1.13. The van der Waals surface area contributed by atoms with Crippen LogP contribution in [0.5, 0.6) is 0 Å². The predicted molar refractivity (Wildman–Crippen MR) is 155 cm³/mol. The smallest absolute Gasteiger partial charge is 0.325 e. The van der Waals surface area contributed by atoms with E-state index in [1.807, 2.05) is 36.4 Å². The highest BCUT2D eigenvalue weighted by molar-refractivity contribution is 5.95. The van der Waals surface area contributed by atoms with Crippen LogP contribution in [-0.2, 0) is 23.9 Å². The summed E-state index contributed by atoms with van der Waals surface area (Å²) < 4.78 is 5.78. The normalized spacial score (nSPS) is 27.9. The van der Waals surface area contributed by atoms with E-state index in [9.17, 15) is 24.3 Å². The molecule has 218 valence electrons. The lowest BCUT2D eigenvalue weighted by Crippen LogP contribution is -2.60.